The number of likely N-dealkylation sites (N-methyl/N-ethyl adjacent to an activating group) is 1. The summed E-state index contributed by atoms with van der Waals surface area (Å²) in [5.41, 5.74) is 1.15. The minimum atomic E-state index is -0.357. The maximum Gasteiger partial charge on any atom is 0.253 e. The number of carbonyl (C=O) groups is 1. The standard InChI is InChI=1S/C16H25N3O2/c1-18(2)9-10-19(13-14-6-4-3-5-7-14)16(20)15-12-17-8-11-21-15/h3-7,15,17H,8-13H2,1-2H3. The van der Waals surface area contributed by atoms with E-state index in [9.17, 15) is 4.79 Å². The Bertz CT molecular complexity index is 430. The van der Waals surface area contributed by atoms with Crippen molar-refractivity contribution in [2.45, 2.75) is 12.6 Å². The number of benzene rings is 1. The summed E-state index contributed by atoms with van der Waals surface area (Å²) < 4.78 is 5.60. The Balaban J connectivity index is 2.01. The zero-order valence-corrected chi connectivity index (χ0v) is 12.9. The fraction of sp³-hybridized carbons (Fsp3) is 0.562. The van der Waals surface area contributed by atoms with Crippen LogP contribution in [0.1, 0.15) is 5.56 Å². The van der Waals surface area contributed by atoms with Gasteiger partial charge in [0.2, 0.25) is 0 Å². The normalized spacial score (nSPS) is 18.7. The first kappa shape index (κ1) is 15.9. The zero-order chi connectivity index (χ0) is 15.1. The molecule has 5 nitrogen and oxygen atoms in total. The maximum absolute atomic E-state index is 12.7. The molecule has 0 aliphatic carbocycles. The molecule has 0 bridgehead atoms. The minimum absolute atomic E-state index is 0.0768. The highest BCUT2D eigenvalue weighted by Crippen LogP contribution is 2.09. The highest BCUT2D eigenvalue weighted by atomic mass is 16.5. The van der Waals surface area contributed by atoms with Crippen molar-refractivity contribution in [1.29, 1.82) is 0 Å². The molecular weight excluding hydrogens is 266 g/mol. The van der Waals surface area contributed by atoms with Gasteiger partial charge in [-0.1, -0.05) is 30.3 Å². The Morgan fingerprint density at radius 3 is 2.67 bits per heavy atom. The van der Waals surface area contributed by atoms with Gasteiger partial charge in [-0.15, -0.1) is 0 Å². The second-order valence-electron chi connectivity index (χ2n) is 5.61. The first-order chi connectivity index (χ1) is 10.2. The van der Waals surface area contributed by atoms with Crippen molar-refractivity contribution in [2.75, 3.05) is 46.9 Å². The molecular formula is C16H25N3O2. The molecule has 1 N–H and O–H groups in total. The van der Waals surface area contributed by atoms with Crippen molar-refractivity contribution in [3.05, 3.63) is 35.9 Å². The van der Waals surface area contributed by atoms with E-state index >= 15 is 0 Å². The predicted octanol–water partition coefficient (Wildman–Crippen LogP) is 0.565. The summed E-state index contributed by atoms with van der Waals surface area (Å²) in [6.45, 7) is 4.21. The summed E-state index contributed by atoms with van der Waals surface area (Å²) in [4.78, 5) is 16.6. The fourth-order valence-electron chi connectivity index (χ4n) is 2.32. The molecule has 1 unspecified atom stereocenters. The van der Waals surface area contributed by atoms with Crippen LogP contribution in [0.3, 0.4) is 0 Å². The summed E-state index contributed by atoms with van der Waals surface area (Å²) in [6, 6.07) is 10.1. The van der Waals surface area contributed by atoms with Gasteiger partial charge in [0, 0.05) is 32.7 Å². The lowest BCUT2D eigenvalue weighted by molar-refractivity contribution is -0.146. The summed E-state index contributed by atoms with van der Waals surface area (Å²) in [5.74, 6) is 0.0768. The van der Waals surface area contributed by atoms with E-state index in [2.05, 4.69) is 22.3 Å². The fourth-order valence-corrected chi connectivity index (χ4v) is 2.32. The Kier molecular flexibility index (Phi) is 6.17. The van der Waals surface area contributed by atoms with Crippen LogP contribution in [0.15, 0.2) is 30.3 Å². The second-order valence-corrected chi connectivity index (χ2v) is 5.61. The van der Waals surface area contributed by atoms with Crippen LogP contribution in [-0.4, -0.2) is 68.7 Å². The van der Waals surface area contributed by atoms with Crippen LogP contribution in [0.25, 0.3) is 0 Å². The number of rotatable bonds is 6. The zero-order valence-electron chi connectivity index (χ0n) is 12.9. The number of morpholine rings is 1. The van der Waals surface area contributed by atoms with Crippen molar-refractivity contribution >= 4 is 5.91 Å². The third kappa shape index (κ3) is 5.12. The van der Waals surface area contributed by atoms with Crippen molar-refractivity contribution < 1.29 is 9.53 Å². The molecule has 0 aromatic heterocycles. The molecule has 1 fully saturated rings. The molecule has 1 aliphatic heterocycles. The average molecular weight is 291 g/mol. The van der Waals surface area contributed by atoms with Crippen LogP contribution in [0.5, 0.6) is 0 Å². The molecule has 1 amide bonds. The highest BCUT2D eigenvalue weighted by Gasteiger charge is 2.26. The molecule has 2 rings (SSSR count). The third-order valence-corrected chi connectivity index (χ3v) is 3.55. The number of nitrogens with zero attached hydrogens (tertiary/aromatic N) is 2. The maximum atomic E-state index is 12.7. The van der Waals surface area contributed by atoms with Gasteiger partial charge in [-0.3, -0.25) is 4.79 Å². The molecule has 1 aliphatic rings. The predicted molar refractivity (Wildman–Crippen MR) is 83.0 cm³/mol. The van der Waals surface area contributed by atoms with Crippen molar-refractivity contribution in [2.24, 2.45) is 0 Å². The number of carbonyl (C=O) groups excluding carboxylic acids is 1. The van der Waals surface area contributed by atoms with E-state index in [0.29, 0.717) is 26.2 Å². The third-order valence-electron chi connectivity index (χ3n) is 3.55. The molecule has 1 heterocycles. The summed E-state index contributed by atoms with van der Waals surface area (Å²) in [5, 5.41) is 3.22. The van der Waals surface area contributed by atoms with Gasteiger partial charge in [-0.2, -0.15) is 0 Å². The monoisotopic (exact) mass is 291 g/mol. The average Bonchev–Trinajstić information content (AvgIpc) is 2.52. The largest absolute Gasteiger partial charge is 0.366 e. The van der Waals surface area contributed by atoms with Crippen LogP contribution < -0.4 is 5.32 Å². The van der Waals surface area contributed by atoms with Crippen LogP contribution in [-0.2, 0) is 16.1 Å². The molecule has 1 atom stereocenters. The number of ether oxygens (including phenoxy) is 1. The van der Waals surface area contributed by atoms with Crippen molar-refractivity contribution in [3.63, 3.8) is 0 Å². The first-order valence-electron chi connectivity index (χ1n) is 7.46. The number of hydrogen-bond donors (Lipinski definition) is 1. The summed E-state index contributed by atoms with van der Waals surface area (Å²) >= 11 is 0. The first-order valence-corrected chi connectivity index (χ1v) is 7.46. The van der Waals surface area contributed by atoms with E-state index in [1.54, 1.807) is 0 Å². The van der Waals surface area contributed by atoms with E-state index < -0.39 is 0 Å². The Morgan fingerprint density at radius 2 is 2.05 bits per heavy atom. The van der Waals surface area contributed by atoms with E-state index in [-0.39, 0.29) is 12.0 Å². The number of hydrogen-bond acceptors (Lipinski definition) is 4. The number of amides is 1. The van der Waals surface area contributed by atoms with Gasteiger partial charge in [-0.05, 0) is 19.7 Å². The lowest BCUT2D eigenvalue weighted by Crippen LogP contribution is -2.50. The van der Waals surface area contributed by atoms with Gasteiger partial charge in [0.05, 0.1) is 6.61 Å². The molecule has 116 valence electrons. The lowest BCUT2D eigenvalue weighted by atomic mass is 10.2. The van der Waals surface area contributed by atoms with Crippen LogP contribution in [0.4, 0.5) is 0 Å². The molecule has 21 heavy (non-hydrogen) atoms. The van der Waals surface area contributed by atoms with E-state index in [1.165, 1.54) is 0 Å². The summed E-state index contributed by atoms with van der Waals surface area (Å²) in [7, 11) is 4.04. The highest BCUT2D eigenvalue weighted by molar-refractivity contribution is 5.81. The van der Waals surface area contributed by atoms with E-state index in [0.717, 1.165) is 18.7 Å². The van der Waals surface area contributed by atoms with Crippen LogP contribution >= 0.6 is 0 Å². The summed E-state index contributed by atoms with van der Waals surface area (Å²) in [6.07, 6.45) is -0.357. The van der Waals surface area contributed by atoms with E-state index in [4.69, 9.17) is 4.74 Å². The van der Waals surface area contributed by atoms with Crippen LogP contribution in [0, 0.1) is 0 Å². The Hall–Kier alpha value is -1.43. The van der Waals surface area contributed by atoms with Gasteiger partial charge in [0.15, 0.2) is 0 Å². The van der Waals surface area contributed by atoms with Gasteiger partial charge >= 0.3 is 0 Å². The smallest absolute Gasteiger partial charge is 0.253 e. The second kappa shape index (κ2) is 8.12. The Labute approximate surface area is 126 Å². The lowest BCUT2D eigenvalue weighted by Gasteiger charge is -2.30. The van der Waals surface area contributed by atoms with E-state index in [1.807, 2.05) is 37.2 Å². The SMILES string of the molecule is CN(C)CCN(Cc1ccccc1)C(=O)C1CNCCO1. The molecule has 1 saturated heterocycles. The number of nitrogens with one attached hydrogen (secondary N) is 1. The van der Waals surface area contributed by atoms with Gasteiger partial charge < -0.3 is 19.9 Å². The Morgan fingerprint density at radius 1 is 1.29 bits per heavy atom. The van der Waals surface area contributed by atoms with Crippen molar-refractivity contribution in [3.8, 4) is 0 Å². The van der Waals surface area contributed by atoms with Crippen LogP contribution in [0.2, 0.25) is 0 Å². The topological polar surface area (TPSA) is 44.8 Å². The minimum Gasteiger partial charge on any atom is -0.366 e. The molecule has 0 spiro atoms. The van der Waals surface area contributed by atoms with Crippen molar-refractivity contribution in [1.82, 2.24) is 15.1 Å². The van der Waals surface area contributed by atoms with Gasteiger partial charge in [-0.25, -0.2) is 0 Å². The molecule has 1 aromatic rings. The molecule has 1 aromatic carbocycles. The molecule has 0 radical (unpaired) electrons. The molecule has 0 saturated carbocycles. The van der Waals surface area contributed by atoms with Gasteiger partial charge in [0.25, 0.3) is 5.91 Å². The molecule has 5 heteroatoms. The van der Waals surface area contributed by atoms with Gasteiger partial charge in [0.1, 0.15) is 6.10 Å². The quantitative estimate of drug-likeness (QED) is 0.832.